The highest BCUT2D eigenvalue weighted by Gasteiger charge is 2.21. The van der Waals surface area contributed by atoms with Crippen LogP contribution < -0.4 is 11.1 Å². The lowest BCUT2D eigenvalue weighted by atomic mass is 10.0. The number of carbonyl (C=O) groups is 2. The Bertz CT molecular complexity index is 1870. The molecule has 0 saturated heterocycles. The van der Waals surface area contributed by atoms with Gasteiger partial charge < -0.3 is 15.2 Å². The van der Waals surface area contributed by atoms with Crippen molar-refractivity contribution < 1.29 is 19.1 Å². The average molecular weight is 826 g/mol. The number of nitrogens with zero attached hydrogens (tertiary/aromatic N) is 4. The van der Waals surface area contributed by atoms with Crippen LogP contribution in [0.3, 0.4) is 0 Å². The Morgan fingerprint density at radius 3 is 1.81 bits per heavy atom. The lowest BCUT2D eigenvalue weighted by Gasteiger charge is -2.09. The first kappa shape index (κ1) is 36.3. The van der Waals surface area contributed by atoms with Gasteiger partial charge in [-0.05, 0) is 94.2 Å². The zero-order chi connectivity index (χ0) is 34.1. The van der Waals surface area contributed by atoms with Crippen molar-refractivity contribution >= 4 is 113 Å². The minimum absolute atomic E-state index is 0.314. The largest absolute Gasteiger partial charge is 0.454 e. The fraction of sp³-hybridized carbons (Fsp3) is 0.188. The van der Waals surface area contributed by atoms with Crippen LogP contribution >= 0.6 is 66.7 Å². The van der Waals surface area contributed by atoms with Gasteiger partial charge in [-0.3, -0.25) is 5.32 Å². The van der Waals surface area contributed by atoms with Crippen LogP contribution in [0.1, 0.15) is 36.1 Å². The normalized spacial score (nSPS) is 12.2. The summed E-state index contributed by atoms with van der Waals surface area (Å²) in [6, 6.07) is 14.7. The molecule has 2 aromatic carbocycles. The maximum atomic E-state index is 11.5. The molecule has 2 aliphatic heterocycles. The zero-order valence-electron chi connectivity index (χ0n) is 25.0. The molecule has 4 heterocycles. The summed E-state index contributed by atoms with van der Waals surface area (Å²) in [4.78, 5) is 38.7. The van der Waals surface area contributed by atoms with Crippen LogP contribution in [0.5, 0.6) is 0 Å². The van der Waals surface area contributed by atoms with E-state index in [4.69, 9.17) is 45.3 Å². The first-order chi connectivity index (χ1) is 22.5. The molecule has 15 heteroatoms. The topological polar surface area (TPSA) is 141 Å². The van der Waals surface area contributed by atoms with E-state index in [1.807, 2.05) is 18.2 Å². The Morgan fingerprint density at radius 2 is 1.32 bits per heavy atom. The summed E-state index contributed by atoms with van der Waals surface area (Å²) in [5, 5.41) is 3.90. The van der Waals surface area contributed by atoms with Crippen molar-refractivity contribution in [1.29, 1.82) is 0 Å². The van der Waals surface area contributed by atoms with Crippen molar-refractivity contribution in [2.24, 2.45) is 9.98 Å². The number of nitrogens with one attached hydrogen (secondary N) is 1. The van der Waals surface area contributed by atoms with E-state index >= 15 is 0 Å². The van der Waals surface area contributed by atoms with E-state index in [2.05, 4.69) is 61.9 Å². The number of aliphatic imine (C=N–C) groups is 2. The Morgan fingerprint density at radius 1 is 0.809 bits per heavy atom. The van der Waals surface area contributed by atoms with E-state index in [1.165, 1.54) is 0 Å². The second-order valence-electron chi connectivity index (χ2n) is 9.69. The lowest BCUT2D eigenvalue weighted by molar-refractivity contribution is 0.168. The number of pyridine rings is 2. The summed E-state index contributed by atoms with van der Waals surface area (Å²) in [6.07, 6.45) is 4.33. The second-order valence-corrected chi connectivity index (χ2v) is 12.6. The van der Waals surface area contributed by atoms with Gasteiger partial charge in [-0.25, -0.2) is 29.5 Å². The third-order valence-electron chi connectivity index (χ3n) is 6.37. The predicted molar refractivity (Wildman–Crippen MR) is 195 cm³/mol. The van der Waals surface area contributed by atoms with E-state index < -0.39 is 11.5 Å². The van der Waals surface area contributed by atoms with Gasteiger partial charge in [-0.2, -0.15) is 0 Å². The van der Waals surface area contributed by atoms with Gasteiger partial charge >= 0.3 is 11.5 Å². The highest BCUT2D eigenvalue weighted by atomic mass is 79.9. The van der Waals surface area contributed by atoms with Crippen molar-refractivity contribution in [2.75, 3.05) is 24.3 Å². The number of anilines is 2. The summed E-state index contributed by atoms with van der Waals surface area (Å²) in [6.45, 7) is 4.11. The second kappa shape index (κ2) is 17.0. The molecule has 4 aromatic rings. The van der Waals surface area contributed by atoms with Gasteiger partial charge in [0, 0.05) is 89.5 Å². The standard InChI is InChI=1S/C16H13BrClN3O2.C13H9BrClN3.C3H5ClO2/c1-2-23-16(22)20-11-3-4-13(18)12(7-11)14-6-9-5-10(17)8-19-15(9)21-14;14-8-3-7-4-12(18-13(7)17-6-8)10-5-9(16)1-2-11(10)15;1-2-6-3(4)5/h3-5,7-8H,2,6H2,1H3,(H,20,22);1-3,5-6H,4,16H2;2H2,1H3. The number of hydrogen-bond donors (Lipinski definition) is 2. The zero-order valence-corrected chi connectivity index (χ0v) is 30.4. The van der Waals surface area contributed by atoms with Gasteiger partial charge in [0.1, 0.15) is 0 Å². The highest BCUT2D eigenvalue weighted by molar-refractivity contribution is 9.10. The number of aromatic nitrogens is 2. The van der Waals surface area contributed by atoms with Crippen LogP contribution in [0, 0.1) is 0 Å². The van der Waals surface area contributed by atoms with E-state index in [0.29, 0.717) is 46.9 Å². The third kappa shape index (κ3) is 10.2. The number of ether oxygens (including phenoxy) is 2. The van der Waals surface area contributed by atoms with Gasteiger partial charge in [-0.15, -0.1) is 0 Å². The number of amides is 1. The Balaban J connectivity index is 0.000000185. The van der Waals surface area contributed by atoms with Gasteiger partial charge in [0.2, 0.25) is 0 Å². The number of carbonyl (C=O) groups excluding carboxylic acids is 2. The van der Waals surface area contributed by atoms with Crippen LogP contribution in [0.15, 0.2) is 79.9 Å². The van der Waals surface area contributed by atoms with Crippen molar-refractivity contribution in [2.45, 2.75) is 26.7 Å². The van der Waals surface area contributed by atoms with E-state index in [1.54, 1.807) is 56.6 Å². The molecule has 0 aliphatic carbocycles. The molecule has 2 aromatic heterocycles. The first-order valence-corrected chi connectivity index (χ1v) is 16.7. The summed E-state index contributed by atoms with van der Waals surface area (Å²) in [5.41, 5.74) is 11.9. The summed E-state index contributed by atoms with van der Waals surface area (Å²) >= 11 is 24.0. The van der Waals surface area contributed by atoms with E-state index in [0.717, 1.165) is 54.9 Å². The van der Waals surface area contributed by atoms with Gasteiger partial charge in [0.05, 0.1) is 24.6 Å². The van der Waals surface area contributed by atoms with Gasteiger partial charge in [-0.1, -0.05) is 23.2 Å². The van der Waals surface area contributed by atoms with Crippen LogP contribution in [-0.2, 0) is 22.3 Å². The third-order valence-corrected chi connectivity index (χ3v) is 8.01. The fourth-order valence-corrected chi connectivity index (χ4v) is 5.72. The molecule has 0 spiro atoms. The maximum Gasteiger partial charge on any atom is 0.411 e. The monoisotopic (exact) mass is 822 g/mol. The molecule has 0 saturated carbocycles. The van der Waals surface area contributed by atoms with Crippen molar-refractivity contribution in [1.82, 2.24) is 9.97 Å². The Hall–Kier alpha value is -3.55. The lowest BCUT2D eigenvalue weighted by Crippen LogP contribution is -2.14. The van der Waals surface area contributed by atoms with Crippen LogP contribution in [0.4, 0.5) is 32.6 Å². The number of fused-ring (bicyclic) bond motifs is 2. The molecule has 6 rings (SSSR count). The molecule has 0 atom stereocenters. The number of nitrogen functional groups attached to an aromatic ring is 1. The van der Waals surface area contributed by atoms with E-state index in [9.17, 15) is 9.59 Å². The SMILES string of the molecule is CCOC(=O)Cl.CCOC(=O)Nc1ccc(Cl)c(C2=Nc3ncc(Br)cc3C2)c1.Nc1ccc(Cl)c(C2=Nc3ncc(Br)cc3C2)c1. The molecule has 2 aliphatic rings. The molecular formula is C32H27Br2Cl3N6O4. The Labute approximate surface area is 303 Å². The highest BCUT2D eigenvalue weighted by Crippen LogP contribution is 2.33. The van der Waals surface area contributed by atoms with Gasteiger partial charge in [0.15, 0.2) is 11.6 Å². The van der Waals surface area contributed by atoms with Crippen LogP contribution in [-0.4, -0.2) is 46.1 Å². The molecule has 0 fully saturated rings. The number of rotatable bonds is 5. The van der Waals surface area contributed by atoms with Crippen LogP contribution in [0.25, 0.3) is 0 Å². The smallest absolute Gasteiger partial charge is 0.411 e. The average Bonchev–Trinajstić information content (AvgIpc) is 3.63. The minimum Gasteiger partial charge on any atom is -0.454 e. The summed E-state index contributed by atoms with van der Waals surface area (Å²) in [7, 11) is 0. The molecule has 244 valence electrons. The number of benzene rings is 2. The quantitative estimate of drug-likeness (QED) is 0.151. The number of nitrogens with two attached hydrogens (primary N) is 1. The van der Waals surface area contributed by atoms with Crippen LogP contribution in [0.2, 0.25) is 10.0 Å². The number of halogens is 5. The van der Waals surface area contributed by atoms with E-state index in [-0.39, 0.29) is 0 Å². The van der Waals surface area contributed by atoms with Gasteiger partial charge in [0.25, 0.3) is 0 Å². The fourth-order valence-electron chi connectivity index (χ4n) is 4.40. The van der Waals surface area contributed by atoms with Crippen molar-refractivity contribution in [3.05, 3.63) is 102 Å². The molecule has 0 radical (unpaired) electrons. The minimum atomic E-state index is -0.738. The summed E-state index contributed by atoms with van der Waals surface area (Å²) in [5.74, 6) is 1.45. The number of hydrogen-bond acceptors (Lipinski definition) is 9. The predicted octanol–water partition coefficient (Wildman–Crippen LogP) is 9.88. The molecule has 0 unspecified atom stereocenters. The van der Waals surface area contributed by atoms with Crippen molar-refractivity contribution in [3.8, 4) is 0 Å². The maximum absolute atomic E-state index is 11.5. The summed E-state index contributed by atoms with van der Waals surface area (Å²) < 4.78 is 10.9. The first-order valence-electron chi connectivity index (χ1n) is 14.0. The molecule has 10 nitrogen and oxygen atoms in total. The molecule has 47 heavy (non-hydrogen) atoms. The molecule has 0 bridgehead atoms. The molecule has 3 N–H and O–H groups in total. The molecular weight excluding hydrogens is 799 g/mol. The molecule has 1 amide bonds. The Kier molecular flexibility index (Phi) is 13.1. The van der Waals surface area contributed by atoms with Crippen molar-refractivity contribution in [3.63, 3.8) is 0 Å².